The maximum Gasteiger partial charge on any atom is 0.253 e. The highest BCUT2D eigenvalue weighted by Crippen LogP contribution is 2.25. The average Bonchev–Trinajstić information content (AvgIpc) is 2.62. The summed E-state index contributed by atoms with van der Waals surface area (Å²) in [4.78, 5) is 24.4. The highest BCUT2D eigenvalue weighted by Gasteiger charge is 2.29. The molecule has 1 atom stereocenters. The fraction of sp³-hybridized carbons (Fsp3) is 0.556. The van der Waals surface area contributed by atoms with Gasteiger partial charge in [0.05, 0.1) is 6.61 Å². The molecule has 1 fully saturated rings. The quantitative estimate of drug-likeness (QED) is 0.698. The van der Waals surface area contributed by atoms with Gasteiger partial charge < -0.3 is 20.5 Å². The zero-order chi connectivity index (χ0) is 17.4. The molecule has 6 heteroatoms. The van der Waals surface area contributed by atoms with Gasteiger partial charge in [0.2, 0.25) is 5.91 Å². The summed E-state index contributed by atoms with van der Waals surface area (Å²) in [6, 6.07) is 9.47. The number of carbonyl (C=O) groups is 2. The van der Waals surface area contributed by atoms with Crippen LogP contribution in [0.3, 0.4) is 0 Å². The molecule has 0 saturated heterocycles. The molecule has 3 N–H and O–H groups in total. The summed E-state index contributed by atoms with van der Waals surface area (Å²) < 4.78 is 5.34. The van der Waals surface area contributed by atoms with Crippen molar-refractivity contribution in [3.63, 3.8) is 0 Å². The van der Waals surface area contributed by atoms with Crippen molar-refractivity contribution in [2.45, 2.75) is 37.8 Å². The van der Waals surface area contributed by atoms with Crippen molar-refractivity contribution in [3.05, 3.63) is 35.9 Å². The zero-order valence-electron chi connectivity index (χ0n) is 14.0. The Hall–Kier alpha value is -1.92. The Bertz CT molecular complexity index is 527. The van der Waals surface area contributed by atoms with Crippen LogP contribution in [-0.4, -0.2) is 43.2 Å². The largest absolute Gasteiger partial charge is 0.395 e. The second kappa shape index (κ2) is 9.39. The Labute approximate surface area is 142 Å². The first kappa shape index (κ1) is 18.4. The predicted molar refractivity (Wildman–Crippen MR) is 90.2 cm³/mol. The molecule has 1 unspecified atom stereocenters. The summed E-state index contributed by atoms with van der Waals surface area (Å²) in [6.45, 7) is 0.247. The van der Waals surface area contributed by atoms with Crippen LogP contribution in [-0.2, 0) is 14.3 Å². The van der Waals surface area contributed by atoms with E-state index in [1.807, 2.05) is 30.3 Å². The maximum atomic E-state index is 12.5. The Kier molecular flexibility index (Phi) is 7.21. The molecule has 1 saturated carbocycles. The summed E-state index contributed by atoms with van der Waals surface area (Å²) in [6.07, 6.45) is 2.41. The van der Waals surface area contributed by atoms with Crippen molar-refractivity contribution in [2.75, 3.05) is 20.3 Å². The number of hydrogen-bond acceptors (Lipinski definition) is 4. The van der Waals surface area contributed by atoms with Gasteiger partial charge in [0, 0.05) is 25.6 Å². The van der Waals surface area contributed by atoms with Gasteiger partial charge in [0.25, 0.3) is 5.91 Å². The van der Waals surface area contributed by atoms with Crippen LogP contribution < -0.4 is 10.6 Å². The predicted octanol–water partition coefficient (Wildman–Crippen LogP) is 1.16. The van der Waals surface area contributed by atoms with E-state index in [9.17, 15) is 9.59 Å². The van der Waals surface area contributed by atoms with Gasteiger partial charge in [-0.05, 0) is 31.2 Å². The Morgan fingerprint density at radius 2 is 1.88 bits per heavy atom. The lowest BCUT2D eigenvalue weighted by Gasteiger charge is -2.29. The lowest BCUT2D eigenvalue weighted by molar-refractivity contribution is -0.132. The molecule has 6 nitrogen and oxygen atoms in total. The van der Waals surface area contributed by atoms with Crippen molar-refractivity contribution in [2.24, 2.45) is 5.92 Å². The van der Waals surface area contributed by atoms with E-state index in [1.54, 1.807) is 0 Å². The first-order valence-corrected chi connectivity index (χ1v) is 8.42. The smallest absolute Gasteiger partial charge is 0.253 e. The molecular weight excluding hydrogens is 308 g/mol. The van der Waals surface area contributed by atoms with E-state index >= 15 is 0 Å². The number of aliphatic hydroxyl groups excluding tert-OH is 1. The number of carbonyl (C=O) groups excluding carboxylic acids is 2. The number of amides is 2. The summed E-state index contributed by atoms with van der Waals surface area (Å²) in [5.41, 5.74) is 0.828. The third-order valence-corrected chi connectivity index (χ3v) is 4.43. The molecule has 132 valence electrons. The minimum absolute atomic E-state index is 0.00659. The number of hydrogen-bond donors (Lipinski definition) is 3. The molecule has 2 amide bonds. The van der Waals surface area contributed by atoms with Gasteiger partial charge in [-0.25, -0.2) is 0 Å². The highest BCUT2D eigenvalue weighted by atomic mass is 16.5. The van der Waals surface area contributed by atoms with Crippen molar-refractivity contribution < 1.29 is 19.4 Å². The van der Waals surface area contributed by atoms with E-state index in [4.69, 9.17) is 9.84 Å². The van der Waals surface area contributed by atoms with E-state index in [-0.39, 0.29) is 30.4 Å². The number of aliphatic hydroxyl groups is 1. The highest BCUT2D eigenvalue weighted by molar-refractivity contribution is 5.82. The topological polar surface area (TPSA) is 87.7 Å². The monoisotopic (exact) mass is 334 g/mol. The third kappa shape index (κ3) is 5.04. The molecule has 1 aromatic rings. The van der Waals surface area contributed by atoms with E-state index in [0.29, 0.717) is 6.54 Å². The van der Waals surface area contributed by atoms with E-state index in [1.165, 1.54) is 7.11 Å². The molecule has 1 aliphatic rings. The van der Waals surface area contributed by atoms with Gasteiger partial charge in [-0.3, -0.25) is 9.59 Å². The number of methoxy groups -OCH3 is 1. The molecule has 0 radical (unpaired) electrons. The molecular formula is C18H26N2O4. The van der Waals surface area contributed by atoms with Crippen molar-refractivity contribution >= 4 is 11.8 Å². The van der Waals surface area contributed by atoms with Crippen LogP contribution in [0.2, 0.25) is 0 Å². The van der Waals surface area contributed by atoms with Gasteiger partial charge in [0.1, 0.15) is 0 Å². The summed E-state index contributed by atoms with van der Waals surface area (Å²) in [5, 5.41) is 14.5. The summed E-state index contributed by atoms with van der Waals surface area (Å²) in [5.74, 6) is -0.179. The Balaban J connectivity index is 1.82. The van der Waals surface area contributed by atoms with Crippen molar-refractivity contribution in [1.82, 2.24) is 10.6 Å². The number of benzene rings is 1. The fourth-order valence-corrected chi connectivity index (χ4v) is 3.12. The number of ether oxygens (including phenoxy) is 1. The molecule has 1 aliphatic carbocycles. The Morgan fingerprint density at radius 3 is 2.46 bits per heavy atom. The molecule has 1 aromatic carbocycles. The fourth-order valence-electron chi connectivity index (χ4n) is 3.12. The van der Waals surface area contributed by atoms with Crippen LogP contribution in [0.15, 0.2) is 30.3 Å². The van der Waals surface area contributed by atoms with Gasteiger partial charge >= 0.3 is 0 Å². The molecule has 2 rings (SSSR count). The van der Waals surface area contributed by atoms with Gasteiger partial charge in [0.15, 0.2) is 6.10 Å². The normalized spacial score (nSPS) is 21.8. The van der Waals surface area contributed by atoms with Crippen molar-refractivity contribution in [3.8, 4) is 0 Å². The van der Waals surface area contributed by atoms with Crippen LogP contribution in [0, 0.1) is 5.92 Å². The SMILES string of the molecule is COC(C(=O)NC1CCC(C(=O)NCCO)CC1)c1ccccc1. The van der Waals surface area contributed by atoms with E-state index in [0.717, 1.165) is 31.2 Å². The Morgan fingerprint density at radius 1 is 1.21 bits per heavy atom. The minimum Gasteiger partial charge on any atom is -0.395 e. The van der Waals surface area contributed by atoms with Crippen LogP contribution >= 0.6 is 0 Å². The lowest BCUT2D eigenvalue weighted by atomic mass is 9.85. The van der Waals surface area contributed by atoms with Gasteiger partial charge in [-0.2, -0.15) is 0 Å². The van der Waals surface area contributed by atoms with Crippen LogP contribution in [0.1, 0.15) is 37.4 Å². The van der Waals surface area contributed by atoms with Crippen LogP contribution in [0.25, 0.3) is 0 Å². The molecule has 0 spiro atoms. The van der Waals surface area contributed by atoms with E-state index < -0.39 is 6.10 Å². The van der Waals surface area contributed by atoms with Crippen LogP contribution in [0.5, 0.6) is 0 Å². The molecule has 0 aromatic heterocycles. The molecule has 0 aliphatic heterocycles. The zero-order valence-corrected chi connectivity index (χ0v) is 14.0. The van der Waals surface area contributed by atoms with Crippen LogP contribution in [0.4, 0.5) is 0 Å². The van der Waals surface area contributed by atoms with E-state index in [2.05, 4.69) is 10.6 Å². The average molecular weight is 334 g/mol. The first-order chi connectivity index (χ1) is 11.7. The third-order valence-electron chi connectivity index (χ3n) is 4.43. The summed E-state index contributed by atoms with van der Waals surface area (Å²) in [7, 11) is 1.53. The second-order valence-corrected chi connectivity index (χ2v) is 6.10. The molecule has 24 heavy (non-hydrogen) atoms. The number of rotatable bonds is 7. The molecule has 0 heterocycles. The van der Waals surface area contributed by atoms with Crippen molar-refractivity contribution in [1.29, 1.82) is 0 Å². The first-order valence-electron chi connectivity index (χ1n) is 8.42. The minimum atomic E-state index is -0.614. The second-order valence-electron chi connectivity index (χ2n) is 6.10. The lowest BCUT2D eigenvalue weighted by Crippen LogP contribution is -2.43. The standard InChI is InChI=1S/C18H26N2O4/c1-24-16(13-5-3-2-4-6-13)18(23)20-15-9-7-14(8-10-15)17(22)19-11-12-21/h2-6,14-16,21H,7-12H2,1H3,(H,19,22)(H,20,23). The van der Waals surface area contributed by atoms with Gasteiger partial charge in [-0.1, -0.05) is 30.3 Å². The van der Waals surface area contributed by atoms with Gasteiger partial charge in [-0.15, -0.1) is 0 Å². The molecule has 0 bridgehead atoms. The number of nitrogens with one attached hydrogen (secondary N) is 2. The summed E-state index contributed by atoms with van der Waals surface area (Å²) >= 11 is 0. The maximum absolute atomic E-state index is 12.5.